The summed E-state index contributed by atoms with van der Waals surface area (Å²) in [6.07, 6.45) is 8.53. The smallest absolute Gasteiger partial charge is 0.0630 e. The third kappa shape index (κ3) is 2.74. The molecule has 0 saturated carbocycles. The van der Waals surface area contributed by atoms with Gasteiger partial charge in [0.05, 0.1) is 12.1 Å². The quantitative estimate of drug-likeness (QED) is 0.767. The summed E-state index contributed by atoms with van der Waals surface area (Å²) in [6, 6.07) is 8.96. The van der Waals surface area contributed by atoms with Crippen molar-refractivity contribution in [2.45, 2.75) is 19.0 Å². The molecule has 0 unspecified atom stereocenters. The van der Waals surface area contributed by atoms with Crippen LogP contribution in [-0.2, 0) is 0 Å². The summed E-state index contributed by atoms with van der Waals surface area (Å²) in [7, 11) is 1.84. The van der Waals surface area contributed by atoms with E-state index in [1.807, 2.05) is 7.05 Å². The molecule has 16 heavy (non-hydrogen) atoms. The Morgan fingerprint density at radius 2 is 1.62 bits per heavy atom. The van der Waals surface area contributed by atoms with E-state index in [0.29, 0.717) is 0 Å². The fourth-order valence-electron chi connectivity index (χ4n) is 1.71. The summed E-state index contributed by atoms with van der Waals surface area (Å²) in [4.78, 5) is 0. The van der Waals surface area contributed by atoms with E-state index in [2.05, 4.69) is 66.1 Å². The van der Waals surface area contributed by atoms with Crippen molar-refractivity contribution in [3.63, 3.8) is 0 Å². The minimum atomic E-state index is 0.246. The molecule has 1 aromatic carbocycles. The van der Waals surface area contributed by atoms with Crippen molar-refractivity contribution in [1.82, 2.24) is 5.32 Å². The maximum Gasteiger partial charge on any atom is 0.0630 e. The molecule has 2 nitrogen and oxygen atoms in total. The van der Waals surface area contributed by atoms with Gasteiger partial charge in [-0.3, -0.25) is 0 Å². The summed E-state index contributed by atoms with van der Waals surface area (Å²) in [6.45, 7) is 2.09. The van der Waals surface area contributed by atoms with Crippen LogP contribution in [0.15, 0.2) is 48.6 Å². The van der Waals surface area contributed by atoms with Crippen molar-refractivity contribution >= 4 is 5.69 Å². The van der Waals surface area contributed by atoms with Crippen LogP contribution < -0.4 is 10.6 Å². The molecule has 0 spiro atoms. The minimum absolute atomic E-state index is 0.246. The molecule has 83 valence electrons. The van der Waals surface area contributed by atoms with Gasteiger partial charge >= 0.3 is 0 Å². The standard InChI is InChI=1S/C14H17N2/c1-11-3-5-13(6-4-11)16-14-9-7-12(15-2)8-10-14/h3-10,12,14,16H,1-2H3. The molecule has 0 atom stereocenters. The number of nitrogens with zero attached hydrogens (tertiary/aromatic N) is 1. The second-order valence-corrected chi connectivity index (χ2v) is 4.05. The van der Waals surface area contributed by atoms with E-state index in [1.165, 1.54) is 5.56 Å². The lowest BCUT2D eigenvalue weighted by molar-refractivity contribution is 0.757. The fourth-order valence-corrected chi connectivity index (χ4v) is 1.71. The Hall–Kier alpha value is -1.54. The van der Waals surface area contributed by atoms with Gasteiger partial charge in [-0.05, 0) is 19.1 Å². The number of nitrogens with one attached hydrogen (secondary N) is 1. The first-order chi connectivity index (χ1) is 7.78. The zero-order chi connectivity index (χ0) is 11.4. The molecule has 0 aromatic heterocycles. The highest BCUT2D eigenvalue weighted by atomic mass is 14.9. The third-order valence-corrected chi connectivity index (χ3v) is 2.71. The third-order valence-electron chi connectivity index (χ3n) is 2.71. The van der Waals surface area contributed by atoms with Crippen LogP contribution in [0, 0.1) is 6.92 Å². The first kappa shape index (κ1) is 11.0. The lowest BCUT2D eigenvalue weighted by Gasteiger charge is -2.18. The Kier molecular flexibility index (Phi) is 3.42. The van der Waals surface area contributed by atoms with E-state index >= 15 is 0 Å². The molecule has 1 aliphatic rings. The fraction of sp³-hybridized carbons (Fsp3) is 0.286. The van der Waals surface area contributed by atoms with Gasteiger partial charge in [0.2, 0.25) is 0 Å². The minimum Gasteiger partial charge on any atom is -0.375 e. The van der Waals surface area contributed by atoms with Crippen molar-refractivity contribution in [2.24, 2.45) is 0 Å². The highest BCUT2D eigenvalue weighted by molar-refractivity contribution is 5.47. The maximum atomic E-state index is 4.20. The van der Waals surface area contributed by atoms with Crippen LogP contribution in [0.4, 0.5) is 5.69 Å². The Morgan fingerprint density at radius 1 is 1.00 bits per heavy atom. The molecule has 2 rings (SSSR count). The molecule has 0 heterocycles. The Bertz CT molecular complexity index is 376. The zero-order valence-electron chi connectivity index (χ0n) is 9.72. The topological polar surface area (TPSA) is 26.1 Å². The lowest BCUT2D eigenvalue weighted by atomic mass is 10.1. The van der Waals surface area contributed by atoms with E-state index in [0.717, 1.165) is 5.69 Å². The number of aryl methyl sites for hydroxylation is 1. The molecule has 1 aliphatic carbocycles. The van der Waals surface area contributed by atoms with Crippen LogP contribution in [-0.4, -0.2) is 19.1 Å². The zero-order valence-corrected chi connectivity index (χ0v) is 9.72. The molecule has 0 amide bonds. The summed E-state index contributed by atoms with van der Waals surface area (Å²) < 4.78 is 0. The highest BCUT2D eigenvalue weighted by Gasteiger charge is 2.07. The first-order valence-electron chi connectivity index (χ1n) is 5.57. The predicted octanol–water partition coefficient (Wildman–Crippen LogP) is 2.50. The maximum absolute atomic E-state index is 4.20. The monoisotopic (exact) mass is 213 g/mol. The van der Waals surface area contributed by atoms with Crippen molar-refractivity contribution in [1.29, 1.82) is 0 Å². The summed E-state index contributed by atoms with van der Waals surface area (Å²) in [5.74, 6) is 0. The first-order valence-corrected chi connectivity index (χ1v) is 5.57. The molecule has 0 fully saturated rings. The average molecular weight is 213 g/mol. The molecule has 1 radical (unpaired) electrons. The van der Waals surface area contributed by atoms with Crippen LogP contribution >= 0.6 is 0 Å². The number of rotatable bonds is 3. The number of anilines is 1. The van der Waals surface area contributed by atoms with Gasteiger partial charge in [-0.15, -0.1) is 0 Å². The van der Waals surface area contributed by atoms with E-state index in [-0.39, 0.29) is 12.1 Å². The number of hydrogen-bond acceptors (Lipinski definition) is 1. The highest BCUT2D eigenvalue weighted by Crippen LogP contribution is 2.13. The van der Waals surface area contributed by atoms with E-state index < -0.39 is 0 Å². The molecule has 1 aromatic rings. The van der Waals surface area contributed by atoms with Crippen LogP contribution in [0.2, 0.25) is 0 Å². The van der Waals surface area contributed by atoms with Gasteiger partial charge in [0, 0.05) is 12.7 Å². The summed E-state index contributed by atoms with van der Waals surface area (Å²) in [5, 5.41) is 7.64. The number of hydrogen-bond donors (Lipinski definition) is 1. The molecule has 0 bridgehead atoms. The van der Waals surface area contributed by atoms with Gasteiger partial charge < -0.3 is 5.32 Å². The van der Waals surface area contributed by atoms with Gasteiger partial charge in [-0.1, -0.05) is 42.0 Å². The van der Waals surface area contributed by atoms with E-state index in [9.17, 15) is 0 Å². The molecule has 0 saturated heterocycles. The van der Waals surface area contributed by atoms with Crippen LogP contribution in [0.3, 0.4) is 0 Å². The Balaban J connectivity index is 1.97. The van der Waals surface area contributed by atoms with Crippen molar-refractivity contribution in [3.05, 3.63) is 54.1 Å². The number of benzene rings is 1. The van der Waals surface area contributed by atoms with Crippen molar-refractivity contribution < 1.29 is 0 Å². The van der Waals surface area contributed by atoms with Gasteiger partial charge in [-0.25, -0.2) is 5.32 Å². The molecule has 2 heteroatoms. The van der Waals surface area contributed by atoms with Crippen LogP contribution in [0.25, 0.3) is 0 Å². The summed E-state index contributed by atoms with van der Waals surface area (Å²) in [5.41, 5.74) is 2.43. The van der Waals surface area contributed by atoms with Gasteiger partial charge in [-0.2, -0.15) is 0 Å². The second kappa shape index (κ2) is 4.99. The number of likely N-dealkylation sites (N-methyl/N-ethyl adjacent to an activating group) is 1. The Morgan fingerprint density at radius 3 is 2.19 bits per heavy atom. The normalized spacial score (nSPS) is 23.4. The summed E-state index contributed by atoms with van der Waals surface area (Å²) >= 11 is 0. The lowest BCUT2D eigenvalue weighted by Crippen LogP contribution is -2.22. The molecule has 1 N–H and O–H groups in total. The SMILES string of the molecule is C[N]C1C=CC(Nc2ccc(C)cc2)C=C1. The largest absolute Gasteiger partial charge is 0.375 e. The van der Waals surface area contributed by atoms with Gasteiger partial charge in [0.25, 0.3) is 0 Å². The second-order valence-electron chi connectivity index (χ2n) is 4.05. The van der Waals surface area contributed by atoms with Crippen molar-refractivity contribution in [2.75, 3.05) is 12.4 Å². The van der Waals surface area contributed by atoms with Gasteiger partial charge in [0.1, 0.15) is 0 Å². The van der Waals surface area contributed by atoms with Gasteiger partial charge in [0.15, 0.2) is 0 Å². The van der Waals surface area contributed by atoms with Crippen LogP contribution in [0.1, 0.15) is 5.56 Å². The average Bonchev–Trinajstić information content (AvgIpc) is 2.33. The van der Waals surface area contributed by atoms with Crippen LogP contribution in [0.5, 0.6) is 0 Å². The molecular formula is C14H17N2. The Labute approximate surface area is 97.1 Å². The molecule has 0 aliphatic heterocycles. The van der Waals surface area contributed by atoms with E-state index in [4.69, 9.17) is 0 Å². The van der Waals surface area contributed by atoms with E-state index in [1.54, 1.807) is 0 Å². The molecular weight excluding hydrogens is 196 g/mol. The predicted molar refractivity (Wildman–Crippen MR) is 68.7 cm³/mol. The van der Waals surface area contributed by atoms with Crippen molar-refractivity contribution in [3.8, 4) is 0 Å².